The molecule has 0 aromatic rings. The molecule has 0 radical (unpaired) electrons. The van der Waals surface area contributed by atoms with Crippen molar-refractivity contribution in [1.29, 1.82) is 0 Å². The molecule has 2 N–H and O–H groups in total. The quantitative estimate of drug-likeness (QED) is 0.691. The fraction of sp³-hybridized carbons (Fsp3) is 0.933. The number of aliphatic hydroxyl groups is 2. The van der Waals surface area contributed by atoms with Crippen molar-refractivity contribution in [2.75, 3.05) is 13.2 Å². The van der Waals surface area contributed by atoms with Gasteiger partial charge in [-0.25, -0.2) is 0 Å². The van der Waals surface area contributed by atoms with E-state index in [-0.39, 0.29) is 19.1 Å². The van der Waals surface area contributed by atoms with E-state index in [1.807, 2.05) is 0 Å². The summed E-state index contributed by atoms with van der Waals surface area (Å²) in [5, 5.41) is 18.1. The number of hydrogen-bond donors (Lipinski definition) is 2. The lowest BCUT2D eigenvalue weighted by atomic mass is 9.68. The van der Waals surface area contributed by atoms with Gasteiger partial charge in [-0.05, 0) is 36.5 Å². The van der Waals surface area contributed by atoms with E-state index in [2.05, 4.69) is 20.8 Å². The Morgan fingerprint density at radius 2 is 2.00 bits per heavy atom. The lowest BCUT2D eigenvalue weighted by molar-refractivity contribution is -0.130. The monoisotopic (exact) mass is 272 g/mol. The second-order valence-corrected chi connectivity index (χ2v) is 6.26. The summed E-state index contributed by atoms with van der Waals surface area (Å²) in [5.41, 5.74) is 0. The molecule has 5 atom stereocenters. The highest BCUT2D eigenvalue weighted by Crippen LogP contribution is 2.40. The highest BCUT2D eigenvalue weighted by molar-refractivity contribution is 5.56. The number of ether oxygens (including phenoxy) is 1. The first kappa shape index (κ1) is 16.6. The van der Waals surface area contributed by atoms with Crippen LogP contribution in [0.3, 0.4) is 0 Å². The van der Waals surface area contributed by atoms with Crippen molar-refractivity contribution in [3.63, 3.8) is 0 Å². The van der Waals surface area contributed by atoms with Crippen LogP contribution in [0.2, 0.25) is 0 Å². The first-order valence-electron chi connectivity index (χ1n) is 7.35. The van der Waals surface area contributed by atoms with Gasteiger partial charge in [-0.15, -0.1) is 0 Å². The molecule has 0 spiro atoms. The zero-order valence-corrected chi connectivity index (χ0v) is 12.3. The van der Waals surface area contributed by atoms with Crippen LogP contribution in [0, 0.1) is 23.7 Å². The molecule has 4 nitrogen and oxygen atoms in total. The van der Waals surface area contributed by atoms with Gasteiger partial charge < -0.3 is 19.7 Å². The predicted octanol–water partition coefficient (Wildman–Crippen LogP) is 1.63. The third kappa shape index (κ3) is 4.86. The van der Waals surface area contributed by atoms with E-state index >= 15 is 0 Å². The van der Waals surface area contributed by atoms with Gasteiger partial charge in [0, 0.05) is 0 Å². The zero-order valence-electron chi connectivity index (χ0n) is 12.3. The maximum atomic E-state index is 11.3. The van der Waals surface area contributed by atoms with Crippen LogP contribution < -0.4 is 0 Å². The average molecular weight is 272 g/mol. The Labute approximate surface area is 116 Å². The van der Waals surface area contributed by atoms with E-state index in [4.69, 9.17) is 9.84 Å². The molecular formula is C15H28O4. The smallest absolute Gasteiger partial charge is 0.149 e. The van der Waals surface area contributed by atoms with Crippen molar-refractivity contribution in [3.05, 3.63) is 0 Å². The molecule has 0 bridgehead atoms. The van der Waals surface area contributed by atoms with Crippen LogP contribution in [0.25, 0.3) is 0 Å². The number of carbonyl (C=O) groups excluding carboxylic acids is 1. The molecule has 5 unspecified atom stereocenters. The summed E-state index contributed by atoms with van der Waals surface area (Å²) < 4.78 is 5.53. The maximum Gasteiger partial charge on any atom is 0.149 e. The van der Waals surface area contributed by atoms with E-state index in [0.29, 0.717) is 17.8 Å². The normalized spacial score (nSPS) is 31.2. The van der Waals surface area contributed by atoms with Crippen LogP contribution in [0.1, 0.15) is 40.0 Å². The summed E-state index contributed by atoms with van der Waals surface area (Å²) in [7, 11) is 0. The summed E-state index contributed by atoms with van der Waals surface area (Å²) in [6.07, 6.45) is 2.85. The number of hydrogen-bond acceptors (Lipinski definition) is 4. The third-order valence-electron chi connectivity index (χ3n) is 4.32. The predicted molar refractivity (Wildman–Crippen MR) is 73.7 cm³/mol. The fourth-order valence-corrected chi connectivity index (χ4v) is 3.19. The van der Waals surface area contributed by atoms with Crippen LogP contribution in [0.5, 0.6) is 0 Å². The summed E-state index contributed by atoms with van der Waals surface area (Å²) in [6, 6.07) is 0. The van der Waals surface area contributed by atoms with Gasteiger partial charge in [-0.1, -0.05) is 27.2 Å². The maximum absolute atomic E-state index is 11.3. The summed E-state index contributed by atoms with van der Waals surface area (Å²) in [4.78, 5) is 11.3. The highest BCUT2D eigenvalue weighted by Gasteiger charge is 2.36. The van der Waals surface area contributed by atoms with Gasteiger partial charge in [-0.2, -0.15) is 0 Å². The van der Waals surface area contributed by atoms with E-state index < -0.39 is 12.2 Å². The molecule has 0 saturated heterocycles. The molecule has 112 valence electrons. The van der Waals surface area contributed by atoms with E-state index in [9.17, 15) is 9.90 Å². The van der Waals surface area contributed by atoms with Crippen molar-refractivity contribution in [2.45, 2.75) is 52.2 Å². The average Bonchev–Trinajstić information content (AvgIpc) is 2.38. The standard InChI is InChI=1S/C15H28O4/c1-10(2)13-5-4-11(3)6-14(13)15(8-17)19-9-12(18)7-16/h8,10-16,18H,4-7,9H2,1-3H3. The molecule has 0 aromatic heterocycles. The molecule has 1 saturated carbocycles. The SMILES string of the molecule is CC1CCC(C(C)C)C(C(C=O)OCC(O)CO)C1. The van der Waals surface area contributed by atoms with Crippen LogP contribution in [0.15, 0.2) is 0 Å². The molecular weight excluding hydrogens is 244 g/mol. The second-order valence-electron chi connectivity index (χ2n) is 6.26. The lowest BCUT2D eigenvalue weighted by Gasteiger charge is -2.40. The molecule has 19 heavy (non-hydrogen) atoms. The number of carbonyl (C=O) groups is 1. The molecule has 4 heteroatoms. The molecule has 1 rings (SSSR count). The van der Waals surface area contributed by atoms with Gasteiger partial charge in [0.1, 0.15) is 18.5 Å². The largest absolute Gasteiger partial charge is 0.394 e. The van der Waals surface area contributed by atoms with Crippen LogP contribution in [0.4, 0.5) is 0 Å². The van der Waals surface area contributed by atoms with Crippen molar-refractivity contribution in [1.82, 2.24) is 0 Å². The lowest BCUT2D eigenvalue weighted by Crippen LogP contribution is -2.39. The van der Waals surface area contributed by atoms with E-state index in [1.165, 1.54) is 6.42 Å². The minimum absolute atomic E-state index is 0.0234. The van der Waals surface area contributed by atoms with Crippen molar-refractivity contribution in [2.24, 2.45) is 23.7 Å². The Morgan fingerprint density at radius 1 is 1.32 bits per heavy atom. The van der Waals surface area contributed by atoms with Crippen molar-refractivity contribution < 1.29 is 19.7 Å². The van der Waals surface area contributed by atoms with Crippen LogP contribution in [-0.4, -0.2) is 41.9 Å². The minimum Gasteiger partial charge on any atom is -0.394 e. The van der Waals surface area contributed by atoms with Crippen LogP contribution in [-0.2, 0) is 9.53 Å². The Hall–Kier alpha value is -0.450. The first-order valence-corrected chi connectivity index (χ1v) is 7.35. The molecule has 0 heterocycles. The second kappa shape index (κ2) is 7.98. The Balaban J connectivity index is 2.66. The number of aliphatic hydroxyl groups excluding tert-OH is 2. The van der Waals surface area contributed by atoms with Crippen molar-refractivity contribution >= 4 is 6.29 Å². The molecule has 1 aliphatic rings. The van der Waals surface area contributed by atoms with Gasteiger partial charge in [0.2, 0.25) is 0 Å². The molecule has 0 amide bonds. The summed E-state index contributed by atoms with van der Waals surface area (Å²) in [5.74, 6) is 1.88. The van der Waals surface area contributed by atoms with Gasteiger partial charge in [0.05, 0.1) is 13.2 Å². The Kier molecular flexibility index (Phi) is 6.97. The topological polar surface area (TPSA) is 66.8 Å². The molecule has 1 fully saturated rings. The van der Waals surface area contributed by atoms with Gasteiger partial charge >= 0.3 is 0 Å². The van der Waals surface area contributed by atoms with Gasteiger partial charge in [0.25, 0.3) is 0 Å². The third-order valence-corrected chi connectivity index (χ3v) is 4.32. The van der Waals surface area contributed by atoms with E-state index in [1.54, 1.807) is 0 Å². The summed E-state index contributed by atoms with van der Waals surface area (Å²) in [6.45, 7) is 6.29. The van der Waals surface area contributed by atoms with E-state index in [0.717, 1.165) is 19.1 Å². The molecule has 0 aliphatic heterocycles. The highest BCUT2D eigenvalue weighted by atomic mass is 16.5. The van der Waals surface area contributed by atoms with Crippen molar-refractivity contribution in [3.8, 4) is 0 Å². The number of aldehydes is 1. The minimum atomic E-state index is -0.902. The van der Waals surface area contributed by atoms with Crippen LogP contribution >= 0.6 is 0 Å². The Morgan fingerprint density at radius 3 is 2.53 bits per heavy atom. The number of rotatable bonds is 7. The fourth-order valence-electron chi connectivity index (χ4n) is 3.19. The van der Waals surface area contributed by atoms with Gasteiger partial charge in [0.15, 0.2) is 0 Å². The molecule has 0 aromatic carbocycles. The first-order chi connectivity index (χ1) is 8.99. The Bertz CT molecular complexity index is 267. The van der Waals surface area contributed by atoms with Gasteiger partial charge in [-0.3, -0.25) is 0 Å². The zero-order chi connectivity index (χ0) is 14.4. The molecule has 1 aliphatic carbocycles. The summed E-state index contributed by atoms with van der Waals surface area (Å²) >= 11 is 0.